The Morgan fingerprint density at radius 1 is 1.04 bits per heavy atom. The number of hydrogen-bond acceptors (Lipinski definition) is 2. The third-order valence-corrected chi connectivity index (χ3v) is 4.01. The second kappa shape index (κ2) is 7.49. The highest BCUT2D eigenvalue weighted by Crippen LogP contribution is 2.22. The first-order valence-corrected chi connectivity index (χ1v) is 8.07. The van der Waals surface area contributed by atoms with Gasteiger partial charge in [-0.15, -0.1) is 0 Å². The molecule has 0 saturated carbocycles. The third-order valence-electron chi connectivity index (χ3n) is 3.76. The Morgan fingerprint density at radius 3 is 2.08 bits per heavy atom. The molecule has 2 aromatic carbocycles. The molecule has 0 aromatic heterocycles. The number of aryl methyl sites for hydroxylation is 3. The molecule has 4 nitrogen and oxygen atoms in total. The molecule has 2 rings (SSSR count). The van der Waals surface area contributed by atoms with Gasteiger partial charge in [0.2, 0.25) is 11.8 Å². The molecule has 0 heterocycles. The average Bonchev–Trinajstić information content (AvgIpc) is 2.49. The minimum atomic E-state index is -0.241. The molecule has 0 aliphatic carbocycles. The molecular formula is C19H21ClN2O2. The molecule has 1 N–H and O–H groups in total. The number of carbonyl (C=O) groups excluding carboxylic acids is 2. The number of carbonyl (C=O) groups is 2. The van der Waals surface area contributed by atoms with Crippen molar-refractivity contribution in [3.05, 3.63) is 58.1 Å². The van der Waals surface area contributed by atoms with Gasteiger partial charge in [0, 0.05) is 23.3 Å². The second-order valence-electron chi connectivity index (χ2n) is 5.90. The Hall–Kier alpha value is -2.33. The maximum Gasteiger partial charge on any atom is 0.244 e. The van der Waals surface area contributed by atoms with E-state index in [0.717, 1.165) is 22.4 Å². The van der Waals surface area contributed by atoms with Gasteiger partial charge >= 0.3 is 0 Å². The van der Waals surface area contributed by atoms with Crippen LogP contribution < -0.4 is 10.2 Å². The van der Waals surface area contributed by atoms with Crippen LogP contribution in [0.4, 0.5) is 11.4 Å². The smallest absolute Gasteiger partial charge is 0.244 e. The second-order valence-corrected chi connectivity index (χ2v) is 6.34. The van der Waals surface area contributed by atoms with Gasteiger partial charge < -0.3 is 10.2 Å². The number of halogens is 1. The molecular weight excluding hydrogens is 324 g/mol. The molecule has 0 radical (unpaired) electrons. The molecule has 126 valence electrons. The van der Waals surface area contributed by atoms with Crippen LogP contribution in [0, 0.1) is 20.8 Å². The van der Waals surface area contributed by atoms with Crippen molar-refractivity contribution in [2.75, 3.05) is 16.8 Å². The van der Waals surface area contributed by atoms with Crippen LogP contribution in [0.1, 0.15) is 23.6 Å². The fourth-order valence-corrected chi connectivity index (χ4v) is 2.83. The fourth-order valence-electron chi connectivity index (χ4n) is 2.71. The molecule has 2 aromatic rings. The summed E-state index contributed by atoms with van der Waals surface area (Å²) in [6.45, 7) is 7.31. The molecule has 0 fully saturated rings. The highest BCUT2D eigenvalue weighted by Gasteiger charge is 2.17. The predicted molar refractivity (Wildman–Crippen MR) is 98.8 cm³/mol. The van der Waals surface area contributed by atoms with Gasteiger partial charge in [0.1, 0.15) is 6.54 Å². The van der Waals surface area contributed by atoms with Gasteiger partial charge in [-0.05, 0) is 56.2 Å². The number of nitrogens with one attached hydrogen (secondary N) is 1. The summed E-state index contributed by atoms with van der Waals surface area (Å²) < 4.78 is 0. The van der Waals surface area contributed by atoms with E-state index in [1.807, 2.05) is 32.9 Å². The van der Waals surface area contributed by atoms with Crippen LogP contribution >= 0.6 is 11.6 Å². The highest BCUT2D eigenvalue weighted by atomic mass is 35.5. The molecule has 0 saturated heterocycles. The number of anilines is 2. The van der Waals surface area contributed by atoms with Crippen LogP contribution in [0.25, 0.3) is 0 Å². The van der Waals surface area contributed by atoms with Crippen molar-refractivity contribution in [3.63, 3.8) is 0 Å². The lowest BCUT2D eigenvalue weighted by Crippen LogP contribution is -2.36. The SMILES string of the molecule is CC(=O)N(CC(=O)Nc1c(C)cc(C)cc1C)c1ccc(Cl)cc1. The summed E-state index contributed by atoms with van der Waals surface area (Å²) in [6, 6.07) is 10.9. The van der Waals surface area contributed by atoms with E-state index in [9.17, 15) is 9.59 Å². The molecule has 0 aliphatic rings. The van der Waals surface area contributed by atoms with Crippen LogP contribution in [0.2, 0.25) is 5.02 Å². The lowest BCUT2D eigenvalue weighted by Gasteiger charge is -2.21. The van der Waals surface area contributed by atoms with Crippen LogP contribution in [-0.4, -0.2) is 18.4 Å². The van der Waals surface area contributed by atoms with Gasteiger partial charge in [0.15, 0.2) is 0 Å². The zero-order valence-corrected chi connectivity index (χ0v) is 15.1. The zero-order chi connectivity index (χ0) is 17.9. The summed E-state index contributed by atoms with van der Waals surface area (Å²) in [5.41, 5.74) is 4.59. The normalized spacial score (nSPS) is 10.4. The minimum Gasteiger partial charge on any atom is -0.324 e. The Labute approximate surface area is 147 Å². The third kappa shape index (κ3) is 4.36. The lowest BCUT2D eigenvalue weighted by molar-refractivity contribution is -0.120. The molecule has 0 atom stereocenters. The standard InChI is InChI=1S/C19H21ClN2O2/c1-12-9-13(2)19(14(3)10-12)21-18(24)11-22(15(4)23)17-7-5-16(20)6-8-17/h5-10H,11H2,1-4H3,(H,21,24). The van der Waals surface area contributed by atoms with E-state index < -0.39 is 0 Å². The number of amides is 2. The largest absolute Gasteiger partial charge is 0.324 e. The van der Waals surface area contributed by atoms with Crippen molar-refractivity contribution in [2.45, 2.75) is 27.7 Å². The first-order chi connectivity index (χ1) is 11.3. The maximum absolute atomic E-state index is 12.4. The molecule has 0 aliphatic heterocycles. The van der Waals surface area contributed by atoms with Crippen LogP contribution in [-0.2, 0) is 9.59 Å². The Morgan fingerprint density at radius 2 is 1.58 bits per heavy atom. The number of nitrogens with zero attached hydrogens (tertiary/aromatic N) is 1. The maximum atomic E-state index is 12.4. The minimum absolute atomic E-state index is 0.0519. The van der Waals surface area contributed by atoms with Crippen molar-refractivity contribution < 1.29 is 9.59 Å². The molecule has 0 spiro atoms. The summed E-state index contributed by atoms with van der Waals surface area (Å²) >= 11 is 5.87. The Kier molecular flexibility index (Phi) is 5.62. The van der Waals surface area contributed by atoms with Gasteiger partial charge in [-0.3, -0.25) is 9.59 Å². The molecule has 24 heavy (non-hydrogen) atoms. The quantitative estimate of drug-likeness (QED) is 0.901. The lowest BCUT2D eigenvalue weighted by atomic mass is 10.1. The van der Waals surface area contributed by atoms with Gasteiger partial charge in [0.05, 0.1) is 0 Å². The fraction of sp³-hybridized carbons (Fsp3) is 0.263. The van der Waals surface area contributed by atoms with Gasteiger partial charge in [-0.2, -0.15) is 0 Å². The van der Waals surface area contributed by atoms with E-state index >= 15 is 0 Å². The van der Waals surface area contributed by atoms with Crippen LogP contribution in [0.15, 0.2) is 36.4 Å². The van der Waals surface area contributed by atoms with Crippen LogP contribution in [0.5, 0.6) is 0 Å². The average molecular weight is 345 g/mol. The topological polar surface area (TPSA) is 49.4 Å². The van der Waals surface area contributed by atoms with E-state index in [2.05, 4.69) is 5.32 Å². The summed E-state index contributed by atoms with van der Waals surface area (Å²) in [4.78, 5) is 25.8. The van der Waals surface area contributed by atoms with Crippen molar-refractivity contribution >= 4 is 34.8 Å². The van der Waals surface area contributed by atoms with Gasteiger partial charge in [-0.25, -0.2) is 0 Å². The van der Waals surface area contributed by atoms with Crippen LogP contribution in [0.3, 0.4) is 0 Å². The predicted octanol–water partition coefficient (Wildman–Crippen LogP) is 4.26. The zero-order valence-electron chi connectivity index (χ0n) is 14.3. The van der Waals surface area contributed by atoms with Crippen molar-refractivity contribution in [1.82, 2.24) is 0 Å². The molecule has 0 bridgehead atoms. The Balaban J connectivity index is 2.17. The molecule has 0 unspecified atom stereocenters. The summed E-state index contributed by atoms with van der Waals surface area (Å²) in [5.74, 6) is -0.444. The molecule has 2 amide bonds. The van der Waals surface area contributed by atoms with E-state index in [1.54, 1.807) is 24.3 Å². The summed E-state index contributed by atoms with van der Waals surface area (Å²) in [7, 11) is 0. The summed E-state index contributed by atoms with van der Waals surface area (Å²) in [5, 5.41) is 3.49. The van der Waals surface area contributed by atoms with E-state index in [1.165, 1.54) is 11.8 Å². The summed E-state index contributed by atoms with van der Waals surface area (Å²) in [6.07, 6.45) is 0. The Bertz CT molecular complexity index is 746. The van der Waals surface area contributed by atoms with Gasteiger partial charge in [0.25, 0.3) is 0 Å². The first-order valence-electron chi connectivity index (χ1n) is 7.69. The van der Waals surface area contributed by atoms with Crippen molar-refractivity contribution in [3.8, 4) is 0 Å². The van der Waals surface area contributed by atoms with Crippen molar-refractivity contribution in [2.24, 2.45) is 0 Å². The van der Waals surface area contributed by atoms with Gasteiger partial charge in [-0.1, -0.05) is 29.3 Å². The first kappa shape index (κ1) is 18.0. The van der Waals surface area contributed by atoms with E-state index in [-0.39, 0.29) is 18.4 Å². The number of rotatable bonds is 4. The van der Waals surface area contributed by atoms with E-state index in [0.29, 0.717) is 10.7 Å². The molecule has 5 heteroatoms. The number of benzene rings is 2. The van der Waals surface area contributed by atoms with Crippen molar-refractivity contribution in [1.29, 1.82) is 0 Å². The monoisotopic (exact) mass is 344 g/mol. The highest BCUT2D eigenvalue weighted by molar-refractivity contribution is 6.30. The van der Waals surface area contributed by atoms with E-state index in [4.69, 9.17) is 11.6 Å². The number of hydrogen-bond donors (Lipinski definition) is 1.